The van der Waals surface area contributed by atoms with Gasteiger partial charge < -0.3 is 15.4 Å². The van der Waals surface area contributed by atoms with Crippen molar-refractivity contribution >= 4 is 24.0 Å². The SMILES string of the molecule is CCCOc1ccc(C(F)(F)F)cc1NC(=O)CCC1CCNC1.Cl. The van der Waals surface area contributed by atoms with Crippen LogP contribution in [0.15, 0.2) is 18.2 Å². The van der Waals surface area contributed by atoms with Gasteiger partial charge in [0.15, 0.2) is 0 Å². The van der Waals surface area contributed by atoms with E-state index in [1.54, 1.807) is 0 Å². The van der Waals surface area contributed by atoms with Gasteiger partial charge in [0, 0.05) is 6.42 Å². The summed E-state index contributed by atoms with van der Waals surface area (Å²) in [6.45, 7) is 4.12. The molecule has 1 unspecified atom stereocenters. The summed E-state index contributed by atoms with van der Waals surface area (Å²) in [6, 6.07) is 3.15. The maximum absolute atomic E-state index is 12.9. The summed E-state index contributed by atoms with van der Waals surface area (Å²) in [5.74, 6) is 0.427. The Bertz CT molecular complexity index is 561. The Labute approximate surface area is 151 Å². The molecule has 0 aromatic heterocycles. The average Bonchev–Trinajstić information content (AvgIpc) is 3.04. The highest BCUT2D eigenvalue weighted by Gasteiger charge is 2.31. The second-order valence-electron chi connectivity index (χ2n) is 6.00. The van der Waals surface area contributed by atoms with Gasteiger partial charge in [0.1, 0.15) is 5.75 Å². The number of halogens is 4. The van der Waals surface area contributed by atoms with E-state index in [0.717, 1.165) is 44.5 Å². The molecule has 1 aromatic rings. The van der Waals surface area contributed by atoms with Crippen molar-refractivity contribution in [3.05, 3.63) is 23.8 Å². The smallest absolute Gasteiger partial charge is 0.416 e. The molecule has 1 aromatic carbocycles. The molecule has 1 saturated heterocycles. The minimum absolute atomic E-state index is 0. The number of amides is 1. The fraction of sp³-hybridized carbons (Fsp3) is 0.588. The molecule has 0 spiro atoms. The number of rotatable bonds is 7. The Kier molecular flexibility index (Phi) is 8.52. The van der Waals surface area contributed by atoms with Gasteiger partial charge in [-0.25, -0.2) is 0 Å². The zero-order valence-electron chi connectivity index (χ0n) is 14.1. The van der Waals surface area contributed by atoms with Gasteiger partial charge in [0.05, 0.1) is 17.9 Å². The van der Waals surface area contributed by atoms with Crippen molar-refractivity contribution in [3.63, 3.8) is 0 Å². The molecule has 0 bridgehead atoms. The van der Waals surface area contributed by atoms with E-state index in [1.807, 2.05) is 6.92 Å². The van der Waals surface area contributed by atoms with Crippen molar-refractivity contribution in [2.24, 2.45) is 5.92 Å². The summed E-state index contributed by atoms with van der Waals surface area (Å²) in [6.07, 6.45) is -1.69. The van der Waals surface area contributed by atoms with Gasteiger partial charge in [-0.05, 0) is 56.5 Å². The number of alkyl halides is 3. The van der Waals surface area contributed by atoms with Crippen LogP contribution in [-0.4, -0.2) is 25.6 Å². The highest BCUT2D eigenvalue weighted by molar-refractivity contribution is 5.92. The van der Waals surface area contributed by atoms with Crippen molar-refractivity contribution in [1.82, 2.24) is 5.32 Å². The lowest BCUT2D eigenvalue weighted by Crippen LogP contribution is -2.16. The lowest BCUT2D eigenvalue weighted by Gasteiger charge is -2.15. The zero-order chi connectivity index (χ0) is 17.6. The number of nitrogens with one attached hydrogen (secondary N) is 2. The number of anilines is 1. The largest absolute Gasteiger partial charge is 0.491 e. The first-order valence-electron chi connectivity index (χ1n) is 8.24. The maximum Gasteiger partial charge on any atom is 0.416 e. The number of hydrogen-bond acceptors (Lipinski definition) is 3. The van der Waals surface area contributed by atoms with Crippen LogP contribution >= 0.6 is 12.4 Å². The molecule has 4 nitrogen and oxygen atoms in total. The molecular weight excluding hydrogens is 357 g/mol. The zero-order valence-corrected chi connectivity index (χ0v) is 14.9. The van der Waals surface area contributed by atoms with E-state index in [4.69, 9.17) is 4.74 Å². The lowest BCUT2D eigenvalue weighted by molar-refractivity contribution is -0.137. The summed E-state index contributed by atoms with van der Waals surface area (Å²) in [7, 11) is 0. The molecule has 0 radical (unpaired) electrons. The Morgan fingerprint density at radius 3 is 2.76 bits per heavy atom. The van der Waals surface area contributed by atoms with Crippen LogP contribution in [0.5, 0.6) is 5.75 Å². The van der Waals surface area contributed by atoms with E-state index in [1.165, 1.54) is 6.07 Å². The number of ether oxygens (including phenoxy) is 1. The number of carbonyl (C=O) groups excluding carboxylic acids is 1. The molecule has 142 valence electrons. The van der Waals surface area contributed by atoms with E-state index < -0.39 is 11.7 Å². The van der Waals surface area contributed by atoms with Gasteiger partial charge in [-0.15, -0.1) is 12.4 Å². The van der Waals surface area contributed by atoms with Crippen molar-refractivity contribution in [2.45, 2.75) is 38.8 Å². The molecule has 1 aliphatic heterocycles. The van der Waals surface area contributed by atoms with Crippen LogP contribution in [0.4, 0.5) is 18.9 Å². The molecule has 1 amide bonds. The van der Waals surface area contributed by atoms with E-state index in [0.29, 0.717) is 12.5 Å². The average molecular weight is 381 g/mol. The predicted molar refractivity (Wildman–Crippen MR) is 93.3 cm³/mol. The van der Waals surface area contributed by atoms with Crippen LogP contribution in [0, 0.1) is 5.92 Å². The molecule has 1 atom stereocenters. The molecule has 1 aliphatic rings. The minimum Gasteiger partial charge on any atom is -0.491 e. The van der Waals surface area contributed by atoms with Crippen molar-refractivity contribution in [2.75, 3.05) is 25.0 Å². The van der Waals surface area contributed by atoms with Crippen LogP contribution in [0.1, 0.15) is 38.2 Å². The minimum atomic E-state index is -4.46. The predicted octanol–water partition coefficient (Wildman–Crippen LogP) is 4.24. The summed E-state index contributed by atoms with van der Waals surface area (Å²) >= 11 is 0. The summed E-state index contributed by atoms with van der Waals surface area (Å²) < 4.78 is 44.1. The highest BCUT2D eigenvalue weighted by Crippen LogP contribution is 2.35. The Morgan fingerprint density at radius 2 is 2.16 bits per heavy atom. The molecule has 1 fully saturated rings. The van der Waals surface area contributed by atoms with Gasteiger partial charge in [0.25, 0.3) is 0 Å². The number of hydrogen-bond donors (Lipinski definition) is 2. The van der Waals surface area contributed by atoms with E-state index >= 15 is 0 Å². The quantitative estimate of drug-likeness (QED) is 0.743. The molecule has 8 heteroatoms. The van der Waals surface area contributed by atoms with Gasteiger partial charge in [-0.2, -0.15) is 13.2 Å². The molecular formula is C17H24ClF3N2O2. The first-order valence-corrected chi connectivity index (χ1v) is 8.24. The maximum atomic E-state index is 12.9. The van der Waals surface area contributed by atoms with Crippen LogP contribution in [0.3, 0.4) is 0 Å². The third kappa shape index (κ3) is 6.74. The third-order valence-electron chi connectivity index (χ3n) is 3.98. The number of benzene rings is 1. The summed E-state index contributed by atoms with van der Waals surface area (Å²) in [4.78, 5) is 12.1. The Hall–Kier alpha value is -1.47. The fourth-order valence-electron chi connectivity index (χ4n) is 2.65. The molecule has 25 heavy (non-hydrogen) atoms. The summed E-state index contributed by atoms with van der Waals surface area (Å²) in [5, 5.41) is 5.80. The second-order valence-corrected chi connectivity index (χ2v) is 6.00. The van der Waals surface area contributed by atoms with E-state index in [9.17, 15) is 18.0 Å². The molecule has 1 heterocycles. The number of carbonyl (C=O) groups is 1. The Morgan fingerprint density at radius 1 is 1.40 bits per heavy atom. The van der Waals surface area contributed by atoms with Gasteiger partial charge in [-0.3, -0.25) is 4.79 Å². The van der Waals surface area contributed by atoms with Gasteiger partial charge >= 0.3 is 6.18 Å². The third-order valence-corrected chi connectivity index (χ3v) is 3.98. The van der Waals surface area contributed by atoms with Crippen LogP contribution in [0.2, 0.25) is 0 Å². The standard InChI is InChI=1S/C17H23F3N2O2.ClH/c1-2-9-24-15-5-4-13(17(18,19)20)10-14(15)22-16(23)6-3-12-7-8-21-11-12;/h4-5,10,12,21H,2-3,6-9,11H2,1H3,(H,22,23);1H. The molecule has 0 saturated carbocycles. The topological polar surface area (TPSA) is 50.4 Å². The van der Waals surface area contributed by atoms with E-state index in [-0.39, 0.29) is 36.2 Å². The van der Waals surface area contributed by atoms with Gasteiger partial charge in [-0.1, -0.05) is 6.92 Å². The molecule has 2 rings (SSSR count). The Balaban J connectivity index is 0.00000312. The fourth-order valence-corrected chi connectivity index (χ4v) is 2.65. The van der Waals surface area contributed by atoms with Crippen molar-refractivity contribution in [1.29, 1.82) is 0 Å². The first-order chi connectivity index (χ1) is 11.4. The van der Waals surface area contributed by atoms with Crippen LogP contribution in [-0.2, 0) is 11.0 Å². The van der Waals surface area contributed by atoms with Gasteiger partial charge in [0.2, 0.25) is 5.91 Å². The van der Waals surface area contributed by atoms with Crippen LogP contribution < -0.4 is 15.4 Å². The lowest BCUT2D eigenvalue weighted by atomic mass is 10.0. The van der Waals surface area contributed by atoms with Crippen LogP contribution in [0.25, 0.3) is 0 Å². The monoisotopic (exact) mass is 380 g/mol. The molecule has 2 N–H and O–H groups in total. The highest BCUT2D eigenvalue weighted by atomic mass is 35.5. The second kappa shape index (κ2) is 9.87. The first kappa shape index (κ1) is 21.6. The molecule has 0 aliphatic carbocycles. The van der Waals surface area contributed by atoms with E-state index in [2.05, 4.69) is 10.6 Å². The van der Waals surface area contributed by atoms with Crippen molar-refractivity contribution < 1.29 is 22.7 Å². The normalized spacial score (nSPS) is 17.0. The van der Waals surface area contributed by atoms with Crippen molar-refractivity contribution in [3.8, 4) is 5.75 Å². The summed E-state index contributed by atoms with van der Waals surface area (Å²) in [5.41, 5.74) is -0.727.